The highest BCUT2D eigenvalue weighted by atomic mass is 32.1. The number of piperidine rings is 1. The van der Waals surface area contributed by atoms with Crippen molar-refractivity contribution >= 4 is 17.2 Å². The quantitative estimate of drug-likeness (QED) is 0.860. The van der Waals surface area contributed by atoms with Gasteiger partial charge in [0.15, 0.2) is 0 Å². The number of aryl methyl sites for hydroxylation is 1. The van der Waals surface area contributed by atoms with E-state index in [9.17, 15) is 4.79 Å². The van der Waals surface area contributed by atoms with E-state index in [0.717, 1.165) is 52.8 Å². The first-order valence-electron chi connectivity index (χ1n) is 8.71. The van der Waals surface area contributed by atoms with Crippen LogP contribution in [0.2, 0.25) is 0 Å². The number of ether oxygens (including phenoxy) is 1. The molecule has 0 aliphatic carbocycles. The molecule has 1 aromatic heterocycles. The third-order valence-electron chi connectivity index (χ3n) is 4.59. The molecule has 2 unspecified atom stereocenters. The van der Waals surface area contributed by atoms with Crippen molar-refractivity contribution in [3.63, 3.8) is 0 Å². The summed E-state index contributed by atoms with van der Waals surface area (Å²) in [5.41, 5.74) is 2.04. The van der Waals surface area contributed by atoms with Crippen molar-refractivity contribution in [2.24, 2.45) is 5.92 Å². The van der Waals surface area contributed by atoms with Crippen LogP contribution < -0.4 is 15.4 Å². The van der Waals surface area contributed by atoms with Gasteiger partial charge < -0.3 is 15.4 Å². The number of rotatable bonds is 5. The maximum atomic E-state index is 12.5. The second-order valence-corrected chi connectivity index (χ2v) is 7.50. The predicted molar refractivity (Wildman–Crippen MR) is 101 cm³/mol. The highest BCUT2D eigenvalue weighted by molar-refractivity contribution is 7.15. The second-order valence-electron chi connectivity index (χ2n) is 6.47. The molecular formula is C19H25N3O2S. The molecule has 134 valence electrons. The van der Waals surface area contributed by atoms with E-state index in [1.807, 2.05) is 38.1 Å². The van der Waals surface area contributed by atoms with E-state index in [0.29, 0.717) is 0 Å². The molecule has 0 radical (unpaired) electrons. The number of hydrogen-bond acceptors (Lipinski definition) is 5. The molecule has 5 nitrogen and oxygen atoms in total. The number of methoxy groups -OCH3 is 1. The number of carbonyl (C=O) groups is 1. The zero-order chi connectivity index (χ0) is 17.8. The maximum Gasteiger partial charge on any atom is 0.224 e. The largest absolute Gasteiger partial charge is 0.497 e. The van der Waals surface area contributed by atoms with Gasteiger partial charge in [-0.3, -0.25) is 4.79 Å². The van der Waals surface area contributed by atoms with Gasteiger partial charge in [0.25, 0.3) is 0 Å². The summed E-state index contributed by atoms with van der Waals surface area (Å²) in [5, 5.41) is 7.42. The van der Waals surface area contributed by atoms with E-state index in [-0.39, 0.29) is 17.9 Å². The maximum absolute atomic E-state index is 12.5. The highest BCUT2D eigenvalue weighted by Gasteiger charge is 2.24. The molecule has 2 N–H and O–H groups in total. The summed E-state index contributed by atoms with van der Waals surface area (Å²) in [5.74, 6) is 1.04. The van der Waals surface area contributed by atoms with Crippen LogP contribution in [0.4, 0.5) is 0 Å². The van der Waals surface area contributed by atoms with Gasteiger partial charge in [-0.25, -0.2) is 4.98 Å². The third kappa shape index (κ3) is 4.19. The van der Waals surface area contributed by atoms with Crippen molar-refractivity contribution in [1.82, 2.24) is 15.6 Å². The zero-order valence-electron chi connectivity index (χ0n) is 15.0. The summed E-state index contributed by atoms with van der Waals surface area (Å²) in [7, 11) is 1.66. The lowest BCUT2D eigenvalue weighted by Crippen LogP contribution is -2.41. The SMILES string of the molecule is COc1ccc(-c2nc(C)c(C(C)NC(=O)C3CCCNC3)s2)cc1. The van der Waals surface area contributed by atoms with Gasteiger partial charge in [0, 0.05) is 12.1 Å². The summed E-state index contributed by atoms with van der Waals surface area (Å²) >= 11 is 1.64. The molecule has 0 spiro atoms. The first-order valence-corrected chi connectivity index (χ1v) is 9.53. The van der Waals surface area contributed by atoms with Crippen molar-refractivity contribution in [3.05, 3.63) is 34.8 Å². The van der Waals surface area contributed by atoms with Crippen molar-refractivity contribution < 1.29 is 9.53 Å². The number of carbonyl (C=O) groups excluding carboxylic acids is 1. The first-order chi connectivity index (χ1) is 12.1. The smallest absolute Gasteiger partial charge is 0.224 e. The van der Waals surface area contributed by atoms with Gasteiger partial charge in [0.1, 0.15) is 10.8 Å². The molecule has 0 bridgehead atoms. The second kappa shape index (κ2) is 7.97. The summed E-state index contributed by atoms with van der Waals surface area (Å²) in [6, 6.07) is 7.87. The van der Waals surface area contributed by atoms with Gasteiger partial charge in [-0.2, -0.15) is 0 Å². The lowest BCUT2D eigenvalue weighted by Gasteiger charge is -2.23. The molecule has 1 saturated heterocycles. The summed E-state index contributed by atoms with van der Waals surface area (Å²) < 4.78 is 5.20. The van der Waals surface area contributed by atoms with Gasteiger partial charge in [-0.05, 0) is 57.5 Å². The lowest BCUT2D eigenvalue weighted by molar-refractivity contribution is -0.126. The molecule has 2 heterocycles. The molecule has 6 heteroatoms. The lowest BCUT2D eigenvalue weighted by atomic mass is 9.98. The molecule has 25 heavy (non-hydrogen) atoms. The number of nitrogens with zero attached hydrogens (tertiary/aromatic N) is 1. The van der Waals surface area contributed by atoms with Gasteiger partial charge in [0.05, 0.1) is 29.6 Å². The molecule has 1 aliphatic heterocycles. The predicted octanol–water partition coefficient (Wildman–Crippen LogP) is 3.30. The van der Waals surface area contributed by atoms with Gasteiger partial charge in [0.2, 0.25) is 5.91 Å². The van der Waals surface area contributed by atoms with Crippen LogP contribution in [0.25, 0.3) is 10.6 Å². The summed E-state index contributed by atoms with van der Waals surface area (Å²) in [4.78, 5) is 18.3. The topological polar surface area (TPSA) is 63.2 Å². The van der Waals surface area contributed by atoms with Gasteiger partial charge in [-0.1, -0.05) is 0 Å². The Labute approximate surface area is 152 Å². The molecule has 2 atom stereocenters. The Balaban J connectivity index is 1.71. The normalized spacial score (nSPS) is 18.6. The van der Waals surface area contributed by atoms with E-state index >= 15 is 0 Å². The van der Waals surface area contributed by atoms with Crippen LogP contribution in [0.3, 0.4) is 0 Å². The Morgan fingerprint density at radius 1 is 1.40 bits per heavy atom. The van der Waals surface area contributed by atoms with Crippen molar-refractivity contribution in [2.45, 2.75) is 32.7 Å². The van der Waals surface area contributed by atoms with Crippen molar-refractivity contribution in [3.8, 4) is 16.3 Å². The Morgan fingerprint density at radius 3 is 2.80 bits per heavy atom. The number of amides is 1. The zero-order valence-corrected chi connectivity index (χ0v) is 15.8. The molecular weight excluding hydrogens is 334 g/mol. The summed E-state index contributed by atoms with van der Waals surface area (Å²) in [6.07, 6.45) is 2.03. The van der Waals surface area contributed by atoms with Gasteiger partial charge >= 0.3 is 0 Å². The number of benzene rings is 1. The van der Waals surface area contributed by atoms with E-state index in [4.69, 9.17) is 9.72 Å². The molecule has 0 saturated carbocycles. The van der Waals surface area contributed by atoms with Crippen LogP contribution in [0.5, 0.6) is 5.75 Å². The molecule has 1 aromatic carbocycles. The minimum absolute atomic E-state index is 0.0288. The molecule has 3 rings (SSSR count). The van der Waals surface area contributed by atoms with E-state index in [2.05, 4.69) is 10.6 Å². The van der Waals surface area contributed by atoms with Crippen LogP contribution >= 0.6 is 11.3 Å². The van der Waals surface area contributed by atoms with Crippen LogP contribution in [0, 0.1) is 12.8 Å². The van der Waals surface area contributed by atoms with Crippen molar-refractivity contribution in [2.75, 3.05) is 20.2 Å². The fourth-order valence-corrected chi connectivity index (χ4v) is 4.21. The average molecular weight is 359 g/mol. The minimum Gasteiger partial charge on any atom is -0.497 e. The van der Waals surface area contributed by atoms with Crippen LogP contribution in [0.15, 0.2) is 24.3 Å². The third-order valence-corrected chi connectivity index (χ3v) is 5.98. The molecule has 1 aliphatic rings. The molecule has 1 amide bonds. The Morgan fingerprint density at radius 2 is 2.16 bits per heavy atom. The number of aromatic nitrogens is 1. The minimum atomic E-state index is -0.0288. The Hall–Kier alpha value is -1.92. The van der Waals surface area contributed by atoms with E-state index < -0.39 is 0 Å². The van der Waals surface area contributed by atoms with E-state index in [1.165, 1.54) is 0 Å². The monoisotopic (exact) mass is 359 g/mol. The molecule has 2 aromatic rings. The highest BCUT2D eigenvalue weighted by Crippen LogP contribution is 2.32. The van der Waals surface area contributed by atoms with Crippen LogP contribution in [0.1, 0.15) is 36.4 Å². The van der Waals surface area contributed by atoms with Gasteiger partial charge in [-0.15, -0.1) is 11.3 Å². The van der Waals surface area contributed by atoms with Crippen LogP contribution in [-0.4, -0.2) is 31.1 Å². The fraction of sp³-hybridized carbons (Fsp3) is 0.474. The molecule has 1 fully saturated rings. The number of thiazole rings is 1. The first kappa shape index (κ1) is 17.9. The van der Waals surface area contributed by atoms with E-state index in [1.54, 1.807) is 18.4 Å². The Bertz CT molecular complexity index is 721. The number of nitrogens with one attached hydrogen (secondary N) is 2. The average Bonchev–Trinajstić information content (AvgIpc) is 3.04. The van der Waals surface area contributed by atoms with Crippen LogP contribution in [-0.2, 0) is 4.79 Å². The Kier molecular flexibility index (Phi) is 5.71. The number of hydrogen-bond donors (Lipinski definition) is 2. The summed E-state index contributed by atoms with van der Waals surface area (Å²) in [6.45, 7) is 5.83. The van der Waals surface area contributed by atoms with Crippen molar-refractivity contribution in [1.29, 1.82) is 0 Å². The fourth-order valence-electron chi connectivity index (χ4n) is 3.14. The standard InChI is InChI=1S/C19H25N3O2S/c1-12(21-18(23)15-5-4-10-20-11-15)17-13(2)22-19(25-17)14-6-8-16(24-3)9-7-14/h6-9,12,15,20H,4-5,10-11H2,1-3H3,(H,21,23).